The topological polar surface area (TPSA) is 94.4 Å². The predicted octanol–water partition coefficient (Wildman–Crippen LogP) is 3.18. The van der Waals surface area contributed by atoms with Crippen LogP contribution in [0.3, 0.4) is 0 Å². The van der Waals surface area contributed by atoms with Gasteiger partial charge in [-0.1, -0.05) is 19.6 Å². The van der Waals surface area contributed by atoms with Gasteiger partial charge in [0.1, 0.15) is 0 Å². The highest BCUT2D eigenvalue weighted by Gasteiger charge is 2.17. The largest absolute Gasteiger partial charge is 0.450 e. The summed E-state index contributed by atoms with van der Waals surface area (Å²) < 4.78 is 5.03. The van der Waals surface area contributed by atoms with E-state index in [1.54, 1.807) is 6.92 Å². The molecule has 0 aliphatic heterocycles. The van der Waals surface area contributed by atoms with Gasteiger partial charge in [0, 0.05) is 19.7 Å². The predicted molar refractivity (Wildman–Crippen MR) is 78.8 cm³/mol. The molecule has 1 heterocycles. The maximum absolute atomic E-state index is 11.5. The Labute approximate surface area is 118 Å². The molecule has 0 aliphatic rings. The number of nitrogens with zero attached hydrogens (tertiary/aromatic N) is 2. The molecule has 0 fully saturated rings. The molecule has 8 heteroatoms. The van der Waals surface area contributed by atoms with Crippen LogP contribution in [0.15, 0.2) is 12.1 Å². The summed E-state index contributed by atoms with van der Waals surface area (Å²) in [5.41, 5.74) is 0.438. The summed E-state index contributed by atoms with van der Waals surface area (Å²) in [6.45, 7) is 8.47. The van der Waals surface area contributed by atoms with E-state index < -0.39 is 19.1 Å². The van der Waals surface area contributed by atoms with Crippen molar-refractivity contribution in [3.8, 4) is 0 Å². The Morgan fingerprint density at radius 2 is 2.10 bits per heavy atom. The van der Waals surface area contributed by atoms with Crippen molar-refractivity contribution in [1.29, 1.82) is 0 Å². The molecule has 0 atom stereocenters. The van der Waals surface area contributed by atoms with Crippen LogP contribution in [0.25, 0.3) is 0 Å². The van der Waals surface area contributed by atoms with E-state index >= 15 is 0 Å². The minimum Gasteiger partial charge on any atom is -0.450 e. The number of rotatable bonds is 5. The van der Waals surface area contributed by atoms with E-state index in [0.29, 0.717) is 12.2 Å². The number of pyridine rings is 1. The molecule has 20 heavy (non-hydrogen) atoms. The van der Waals surface area contributed by atoms with Crippen molar-refractivity contribution in [2.45, 2.75) is 32.6 Å². The van der Waals surface area contributed by atoms with Gasteiger partial charge in [-0.15, -0.1) is 0 Å². The van der Waals surface area contributed by atoms with E-state index in [0.717, 1.165) is 6.04 Å². The molecule has 0 saturated heterocycles. The molecule has 0 aliphatic carbocycles. The molecular formula is C12H19N3O4Si. The van der Waals surface area contributed by atoms with Crippen LogP contribution in [0.1, 0.15) is 5.56 Å². The van der Waals surface area contributed by atoms with Crippen molar-refractivity contribution in [3.05, 3.63) is 27.8 Å². The van der Waals surface area contributed by atoms with Gasteiger partial charge in [0.15, 0.2) is 0 Å². The lowest BCUT2D eigenvalue weighted by atomic mass is 10.3. The second-order valence-electron chi connectivity index (χ2n) is 5.67. The highest BCUT2D eigenvalue weighted by molar-refractivity contribution is 6.76. The third kappa shape index (κ3) is 5.35. The molecule has 1 aromatic heterocycles. The normalized spacial score (nSPS) is 11.0. The number of ether oxygens (including phenoxy) is 1. The lowest BCUT2D eigenvalue weighted by Gasteiger charge is -2.15. The fourth-order valence-corrected chi connectivity index (χ4v) is 2.08. The summed E-state index contributed by atoms with van der Waals surface area (Å²) in [7, 11) is -1.26. The van der Waals surface area contributed by atoms with E-state index in [2.05, 4.69) is 29.9 Å². The zero-order chi connectivity index (χ0) is 15.3. The molecule has 110 valence electrons. The van der Waals surface area contributed by atoms with Crippen LogP contribution in [-0.4, -0.2) is 30.7 Å². The smallest absolute Gasteiger partial charge is 0.414 e. The summed E-state index contributed by atoms with van der Waals surface area (Å²) in [5.74, 6) is -0.162. The van der Waals surface area contributed by atoms with Gasteiger partial charge in [0.25, 0.3) is 5.82 Å². The lowest BCUT2D eigenvalue weighted by Crippen LogP contribution is -2.24. The summed E-state index contributed by atoms with van der Waals surface area (Å²) in [4.78, 5) is 25.5. The fraction of sp³-hybridized carbons (Fsp3) is 0.500. The van der Waals surface area contributed by atoms with Crippen LogP contribution < -0.4 is 5.32 Å². The molecule has 0 unspecified atom stereocenters. The minimum atomic E-state index is -1.26. The standard InChI is InChI=1S/C12H19N3O4Si/c1-9-5-6-10(13-11(9)15(17)18)14-12(16)19-7-8-20(2,3)4/h5-6H,7-8H2,1-4H3,(H,13,14,16). The number of aromatic nitrogens is 1. The average Bonchev–Trinajstić information content (AvgIpc) is 2.29. The number of anilines is 1. The van der Waals surface area contributed by atoms with Crippen molar-refractivity contribution < 1.29 is 14.5 Å². The molecule has 1 aromatic rings. The molecular weight excluding hydrogens is 278 g/mol. The molecule has 7 nitrogen and oxygen atoms in total. The molecule has 0 aromatic carbocycles. The fourth-order valence-electron chi connectivity index (χ4n) is 1.36. The van der Waals surface area contributed by atoms with Gasteiger partial charge in [-0.05, 0) is 28.9 Å². The number of nitrogens with one attached hydrogen (secondary N) is 1. The number of hydrogen-bond donors (Lipinski definition) is 1. The van der Waals surface area contributed by atoms with Crippen molar-refractivity contribution in [2.75, 3.05) is 11.9 Å². The Morgan fingerprint density at radius 1 is 1.45 bits per heavy atom. The number of hydrogen-bond acceptors (Lipinski definition) is 5. The van der Waals surface area contributed by atoms with Crippen LogP contribution in [0, 0.1) is 17.0 Å². The number of carbonyl (C=O) groups is 1. The molecule has 1 amide bonds. The van der Waals surface area contributed by atoms with Gasteiger partial charge in [0.05, 0.1) is 6.61 Å². The Balaban J connectivity index is 2.58. The number of aryl methyl sites for hydroxylation is 1. The molecule has 1 N–H and O–H groups in total. The summed E-state index contributed by atoms with van der Waals surface area (Å²) in [6, 6.07) is 3.90. The first-order valence-corrected chi connectivity index (χ1v) is 9.95. The molecule has 0 spiro atoms. The van der Waals surface area contributed by atoms with Crippen molar-refractivity contribution in [1.82, 2.24) is 4.98 Å². The first-order valence-electron chi connectivity index (χ1n) is 6.25. The maximum atomic E-state index is 11.5. The van der Waals surface area contributed by atoms with Crippen LogP contribution in [0.2, 0.25) is 25.7 Å². The second-order valence-corrected chi connectivity index (χ2v) is 11.3. The summed E-state index contributed by atoms with van der Waals surface area (Å²) >= 11 is 0. The van der Waals surface area contributed by atoms with E-state index in [4.69, 9.17) is 4.74 Å². The summed E-state index contributed by atoms with van der Waals surface area (Å²) in [6.07, 6.45) is -0.645. The van der Waals surface area contributed by atoms with E-state index in [1.807, 2.05) is 0 Å². The Morgan fingerprint density at radius 3 is 2.65 bits per heavy atom. The quantitative estimate of drug-likeness (QED) is 0.511. The summed E-state index contributed by atoms with van der Waals surface area (Å²) in [5, 5.41) is 13.1. The van der Waals surface area contributed by atoms with Crippen LogP contribution in [-0.2, 0) is 4.74 Å². The first-order chi connectivity index (χ1) is 9.19. The van der Waals surface area contributed by atoms with E-state index in [1.165, 1.54) is 12.1 Å². The number of nitro groups is 1. The molecule has 0 saturated carbocycles. The van der Waals surface area contributed by atoms with E-state index in [-0.39, 0.29) is 11.6 Å². The van der Waals surface area contributed by atoms with Gasteiger partial charge in [-0.3, -0.25) is 5.32 Å². The van der Waals surface area contributed by atoms with Crippen molar-refractivity contribution in [3.63, 3.8) is 0 Å². The Hall–Kier alpha value is -1.96. The SMILES string of the molecule is Cc1ccc(NC(=O)OCC[Si](C)(C)C)nc1[N+](=O)[O-]. The molecule has 0 bridgehead atoms. The lowest BCUT2D eigenvalue weighted by molar-refractivity contribution is -0.390. The van der Waals surface area contributed by atoms with Crippen LogP contribution in [0.5, 0.6) is 0 Å². The van der Waals surface area contributed by atoms with Gasteiger partial charge < -0.3 is 14.9 Å². The first kappa shape index (κ1) is 16.1. The monoisotopic (exact) mass is 297 g/mol. The van der Waals surface area contributed by atoms with Gasteiger partial charge in [-0.25, -0.2) is 4.79 Å². The van der Waals surface area contributed by atoms with Crippen molar-refractivity contribution in [2.24, 2.45) is 0 Å². The zero-order valence-electron chi connectivity index (χ0n) is 12.1. The molecule has 1 rings (SSSR count). The molecule has 0 radical (unpaired) electrons. The van der Waals surface area contributed by atoms with Crippen LogP contribution >= 0.6 is 0 Å². The van der Waals surface area contributed by atoms with Crippen LogP contribution in [0.4, 0.5) is 16.4 Å². The number of carbonyl (C=O) groups excluding carboxylic acids is 1. The van der Waals surface area contributed by atoms with Gasteiger partial charge in [-0.2, -0.15) is 0 Å². The minimum absolute atomic E-state index is 0.111. The second kappa shape index (κ2) is 6.46. The average molecular weight is 297 g/mol. The van der Waals surface area contributed by atoms with Gasteiger partial charge >= 0.3 is 11.9 Å². The number of amides is 1. The Bertz CT molecular complexity index is 514. The van der Waals surface area contributed by atoms with E-state index in [9.17, 15) is 14.9 Å². The Kier molecular flexibility index (Phi) is 5.20. The van der Waals surface area contributed by atoms with Crippen molar-refractivity contribution >= 4 is 25.8 Å². The highest BCUT2D eigenvalue weighted by Crippen LogP contribution is 2.17. The maximum Gasteiger partial charge on any atom is 0.414 e. The van der Waals surface area contributed by atoms with Gasteiger partial charge in [0.2, 0.25) is 0 Å². The highest BCUT2D eigenvalue weighted by atomic mass is 28.3. The zero-order valence-corrected chi connectivity index (χ0v) is 13.1. The third-order valence-electron chi connectivity index (χ3n) is 2.56. The third-order valence-corrected chi connectivity index (χ3v) is 4.26.